The molecule has 1 fully saturated rings. The minimum atomic E-state index is 0.272. The molecule has 13 heavy (non-hydrogen) atoms. The highest BCUT2D eigenvalue weighted by Crippen LogP contribution is 2.01. The van der Waals surface area contributed by atoms with Crippen molar-refractivity contribution >= 4 is 5.91 Å². The van der Waals surface area contributed by atoms with E-state index < -0.39 is 0 Å². The number of hydrogen-bond donors (Lipinski definition) is 1. The van der Waals surface area contributed by atoms with Gasteiger partial charge in [-0.25, -0.2) is 0 Å². The van der Waals surface area contributed by atoms with Crippen LogP contribution in [-0.2, 0) is 4.79 Å². The van der Waals surface area contributed by atoms with Gasteiger partial charge in [-0.1, -0.05) is 19.8 Å². The van der Waals surface area contributed by atoms with E-state index in [1.807, 2.05) is 4.90 Å². The maximum atomic E-state index is 11.5. The van der Waals surface area contributed by atoms with E-state index in [1.54, 1.807) is 0 Å². The number of amides is 1. The topological polar surface area (TPSA) is 32.3 Å². The van der Waals surface area contributed by atoms with Gasteiger partial charge in [-0.05, 0) is 19.4 Å². The largest absolute Gasteiger partial charge is 0.342 e. The van der Waals surface area contributed by atoms with Gasteiger partial charge in [0.25, 0.3) is 0 Å². The van der Waals surface area contributed by atoms with Gasteiger partial charge in [-0.3, -0.25) is 4.79 Å². The molecule has 1 N–H and O–H groups in total. The van der Waals surface area contributed by atoms with E-state index in [0.717, 1.165) is 32.5 Å². The number of rotatable bonds is 4. The summed E-state index contributed by atoms with van der Waals surface area (Å²) in [6, 6.07) is 0. The molecule has 0 spiro atoms. The van der Waals surface area contributed by atoms with Gasteiger partial charge in [-0.2, -0.15) is 0 Å². The van der Waals surface area contributed by atoms with Gasteiger partial charge in [0, 0.05) is 13.1 Å². The van der Waals surface area contributed by atoms with Crippen LogP contribution in [0.5, 0.6) is 0 Å². The third-order valence-electron chi connectivity index (χ3n) is 2.44. The van der Waals surface area contributed by atoms with Gasteiger partial charge in [-0.15, -0.1) is 0 Å². The van der Waals surface area contributed by atoms with E-state index in [0.29, 0.717) is 6.54 Å². The fourth-order valence-electron chi connectivity index (χ4n) is 1.62. The summed E-state index contributed by atoms with van der Waals surface area (Å²) in [5.74, 6) is 0.272. The zero-order valence-corrected chi connectivity index (χ0v) is 8.51. The molecule has 0 radical (unpaired) electrons. The zero-order chi connectivity index (χ0) is 9.52. The molecular formula is C10H20N2O. The maximum Gasteiger partial charge on any atom is 0.236 e. The number of carbonyl (C=O) groups is 1. The van der Waals surface area contributed by atoms with Gasteiger partial charge in [0.2, 0.25) is 5.91 Å². The molecule has 0 unspecified atom stereocenters. The molecule has 1 saturated heterocycles. The predicted molar refractivity (Wildman–Crippen MR) is 53.6 cm³/mol. The van der Waals surface area contributed by atoms with Gasteiger partial charge in [0.15, 0.2) is 0 Å². The Labute approximate surface area is 80.5 Å². The second kappa shape index (κ2) is 5.97. The van der Waals surface area contributed by atoms with Crippen LogP contribution >= 0.6 is 0 Å². The number of unbranched alkanes of at least 4 members (excludes halogenated alkanes) is 2. The lowest BCUT2D eigenvalue weighted by molar-refractivity contribution is -0.129. The first kappa shape index (κ1) is 10.5. The molecule has 0 bridgehead atoms. The first-order valence-corrected chi connectivity index (χ1v) is 5.33. The Morgan fingerprint density at radius 3 is 3.08 bits per heavy atom. The maximum absolute atomic E-state index is 11.5. The number of nitrogens with zero attached hydrogens (tertiary/aromatic N) is 1. The number of hydrogen-bond acceptors (Lipinski definition) is 2. The van der Waals surface area contributed by atoms with Crippen molar-refractivity contribution in [2.75, 3.05) is 26.2 Å². The Morgan fingerprint density at radius 2 is 2.31 bits per heavy atom. The van der Waals surface area contributed by atoms with Crippen LogP contribution in [0.25, 0.3) is 0 Å². The van der Waals surface area contributed by atoms with Crippen LogP contribution in [0.15, 0.2) is 0 Å². The Morgan fingerprint density at radius 1 is 1.46 bits per heavy atom. The van der Waals surface area contributed by atoms with Crippen LogP contribution in [0.2, 0.25) is 0 Å². The first-order chi connectivity index (χ1) is 6.34. The lowest BCUT2D eigenvalue weighted by Gasteiger charge is -2.19. The molecule has 3 heteroatoms. The molecule has 1 aliphatic heterocycles. The van der Waals surface area contributed by atoms with Crippen molar-refractivity contribution in [2.45, 2.75) is 32.6 Å². The van der Waals surface area contributed by atoms with Gasteiger partial charge in [0.05, 0.1) is 6.54 Å². The molecule has 1 amide bonds. The highest BCUT2D eigenvalue weighted by atomic mass is 16.2. The van der Waals surface area contributed by atoms with E-state index in [4.69, 9.17) is 0 Å². The Hall–Kier alpha value is -0.570. The van der Waals surface area contributed by atoms with E-state index in [2.05, 4.69) is 12.2 Å². The molecular weight excluding hydrogens is 164 g/mol. The third-order valence-corrected chi connectivity index (χ3v) is 2.44. The van der Waals surface area contributed by atoms with Crippen molar-refractivity contribution in [1.29, 1.82) is 0 Å². The minimum Gasteiger partial charge on any atom is -0.342 e. The van der Waals surface area contributed by atoms with E-state index in [9.17, 15) is 4.79 Å². The molecule has 1 heterocycles. The average Bonchev–Trinajstić information content (AvgIpc) is 2.32. The van der Waals surface area contributed by atoms with Gasteiger partial charge >= 0.3 is 0 Å². The molecule has 0 atom stereocenters. The monoisotopic (exact) mass is 184 g/mol. The summed E-state index contributed by atoms with van der Waals surface area (Å²) < 4.78 is 0. The molecule has 0 aromatic rings. The van der Waals surface area contributed by atoms with Gasteiger partial charge < -0.3 is 10.2 Å². The van der Waals surface area contributed by atoms with Crippen molar-refractivity contribution < 1.29 is 4.79 Å². The van der Waals surface area contributed by atoms with Crippen molar-refractivity contribution in [3.05, 3.63) is 0 Å². The lowest BCUT2D eigenvalue weighted by Crippen LogP contribution is -2.35. The third kappa shape index (κ3) is 3.77. The van der Waals surface area contributed by atoms with Gasteiger partial charge in [0.1, 0.15) is 0 Å². The fourth-order valence-corrected chi connectivity index (χ4v) is 1.62. The average molecular weight is 184 g/mol. The fraction of sp³-hybridized carbons (Fsp3) is 0.900. The van der Waals surface area contributed by atoms with Crippen molar-refractivity contribution in [3.8, 4) is 0 Å². The van der Waals surface area contributed by atoms with E-state index in [-0.39, 0.29) is 5.91 Å². The van der Waals surface area contributed by atoms with Crippen LogP contribution in [0.3, 0.4) is 0 Å². The minimum absolute atomic E-state index is 0.272. The van der Waals surface area contributed by atoms with Crippen LogP contribution in [0, 0.1) is 0 Å². The van der Waals surface area contributed by atoms with Crippen LogP contribution in [0.4, 0.5) is 0 Å². The van der Waals surface area contributed by atoms with Crippen molar-refractivity contribution in [1.82, 2.24) is 10.2 Å². The molecule has 0 aliphatic carbocycles. The molecule has 0 aromatic carbocycles. The summed E-state index contributed by atoms with van der Waals surface area (Å²) in [7, 11) is 0. The Kier molecular flexibility index (Phi) is 4.83. The second-order valence-corrected chi connectivity index (χ2v) is 3.62. The standard InChI is InChI=1S/C10H20N2O/c1-2-3-4-7-12-8-5-6-11-9-10(12)13/h11H,2-9H2,1H3. The molecule has 0 saturated carbocycles. The zero-order valence-electron chi connectivity index (χ0n) is 8.51. The van der Waals surface area contributed by atoms with Crippen molar-refractivity contribution in [2.24, 2.45) is 0 Å². The normalized spacial score (nSPS) is 18.8. The SMILES string of the molecule is CCCCCN1CCCNCC1=O. The molecule has 1 rings (SSSR count). The molecule has 76 valence electrons. The quantitative estimate of drug-likeness (QED) is 0.661. The summed E-state index contributed by atoms with van der Waals surface area (Å²) >= 11 is 0. The predicted octanol–water partition coefficient (Wildman–Crippen LogP) is 0.998. The van der Waals surface area contributed by atoms with Crippen molar-refractivity contribution in [3.63, 3.8) is 0 Å². The summed E-state index contributed by atoms with van der Waals surface area (Å²) in [6.45, 7) is 5.60. The Balaban J connectivity index is 2.24. The summed E-state index contributed by atoms with van der Waals surface area (Å²) in [6.07, 6.45) is 4.71. The highest BCUT2D eigenvalue weighted by Gasteiger charge is 2.14. The van der Waals surface area contributed by atoms with Crippen LogP contribution in [0.1, 0.15) is 32.6 Å². The molecule has 3 nitrogen and oxygen atoms in total. The first-order valence-electron chi connectivity index (χ1n) is 5.33. The second-order valence-electron chi connectivity index (χ2n) is 3.62. The Bertz CT molecular complexity index is 159. The number of nitrogens with one attached hydrogen (secondary N) is 1. The summed E-state index contributed by atoms with van der Waals surface area (Å²) in [4.78, 5) is 13.5. The molecule has 0 aromatic heterocycles. The highest BCUT2D eigenvalue weighted by molar-refractivity contribution is 5.78. The number of carbonyl (C=O) groups excluding carboxylic acids is 1. The molecule has 1 aliphatic rings. The summed E-state index contributed by atoms with van der Waals surface area (Å²) in [5, 5.41) is 3.13. The van der Waals surface area contributed by atoms with Crippen LogP contribution in [-0.4, -0.2) is 37.0 Å². The van der Waals surface area contributed by atoms with E-state index >= 15 is 0 Å². The van der Waals surface area contributed by atoms with Crippen LogP contribution < -0.4 is 5.32 Å². The summed E-state index contributed by atoms with van der Waals surface area (Å²) in [5.41, 5.74) is 0. The smallest absolute Gasteiger partial charge is 0.236 e. The lowest BCUT2D eigenvalue weighted by atomic mass is 10.2. The van der Waals surface area contributed by atoms with E-state index in [1.165, 1.54) is 12.8 Å².